The van der Waals surface area contributed by atoms with E-state index in [0.29, 0.717) is 17.2 Å². The maximum atomic E-state index is 11.9. The van der Waals surface area contributed by atoms with Crippen molar-refractivity contribution in [2.75, 3.05) is 6.61 Å². The van der Waals surface area contributed by atoms with Gasteiger partial charge in [0.25, 0.3) is 0 Å². The summed E-state index contributed by atoms with van der Waals surface area (Å²) in [6, 6.07) is 12.6. The highest BCUT2D eigenvalue weighted by atomic mass is 16.6. The van der Waals surface area contributed by atoms with E-state index in [1.807, 2.05) is 32.0 Å². The number of nitrogens with zero attached hydrogens (tertiary/aromatic N) is 4. The minimum Gasteiger partial charge on any atom is -0.482 e. The second kappa shape index (κ2) is 6.91. The summed E-state index contributed by atoms with van der Waals surface area (Å²) in [5.74, 6) is 0.552. The monoisotopic (exact) mass is 324 g/mol. The third-order valence-corrected chi connectivity index (χ3v) is 3.50. The molecular weight excluding hydrogens is 308 g/mol. The van der Waals surface area contributed by atoms with E-state index in [4.69, 9.17) is 9.47 Å². The zero-order chi connectivity index (χ0) is 16.9. The lowest BCUT2D eigenvalue weighted by atomic mass is 10.1. The molecule has 7 heteroatoms. The van der Waals surface area contributed by atoms with E-state index in [9.17, 15) is 4.79 Å². The number of benzene rings is 2. The lowest BCUT2D eigenvalue weighted by Crippen LogP contribution is -2.17. The quantitative estimate of drug-likeness (QED) is 0.529. The molecule has 0 atom stereocenters. The van der Waals surface area contributed by atoms with Gasteiger partial charge in [-0.3, -0.25) is 0 Å². The molecule has 0 spiro atoms. The molecule has 0 aliphatic carbocycles. The Labute approximate surface area is 138 Å². The van der Waals surface area contributed by atoms with E-state index in [2.05, 4.69) is 15.5 Å². The summed E-state index contributed by atoms with van der Waals surface area (Å²) < 4.78 is 12.2. The van der Waals surface area contributed by atoms with Crippen molar-refractivity contribution in [1.82, 2.24) is 20.2 Å². The van der Waals surface area contributed by atoms with Crippen molar-refractivity contribution >= 4 is 5.97 Å². The molecule has 3 rings (SSSR count). The number of rotatable bonds is 5. The molecule has 1 aromatic heterocycles. The maximum absolute atomic E-state index is 11.9. The summed E-state index contributed by atoms with van der Waals surface area (Å²) in [7, 11) is 0. The van der Waals surface area contributed by atoms with Crippen LogP contribution in [0.1, 0.15) is 11.1 Å². The van der Waals surface area contributed by atoms with Crippen molar-refractivity contribution < 1.29 is 14.3 Å². The molecule has 0 aliphatic heterocycles. The molecule has 1 heterocycles. The summed E-state index contributed by atoms with van der Waals surface area (Å²) in [5.41, 5.74) is 2.97. The molecule has 0 bridgehead atoms. The summed E-state index contributed by atoms with van der Waals surface area (Å²) in [4.78, 5) is 11.9. The Balaban J connectivity index is 1.60. The van der Waals surface area contributed by atoms with E-state index in [-0.39, 0.29) is 6.61 Å². The van der Waals surface area contributed by atoms with Gasteiger partial charge in [-0.2, -0.15) is 0 Å². The largest absolute Gasteiger partial charge is 0.482 e. The van der Waals surface area contributed by atoms with E-state index in [0.717, 1.165) is 5.56 Å². The number of carbonyl (C=O) groups is 1. The summed E-state index contributed by atoms with van der Waals surface area (Å²) >= 11 is 0. The van der Waals surface area contributed by atoms with Gasteiger partial charge in [-0.1, -0.05) is 12.1 Å². The lowest BCUT2D eigenvalue weighted by Gasteiger charge is -2.09. The summed E-state index contributed by atoms with van der Waals surface area (Å²) in [6.45, 7) is 3.84. The van der Waals surface area contributed by atoms with E-state index in [1.165, 1.54) is 16.6 Å². The highest BCUT2D eigenvalue weighted by Crippen LogP contribution is 2.18. The van der Waals surface area contributed by atoms with Crippen molar-refractivity contribution in [3.8, 4) is 17.2 Å². The van der Waals surface area contributed by atoms with Crippen molar-refractivity contribution in [3.05, 3.63) is 59.9 Å². The van der Waals surface area contributed by atoms with Crippen molar-refractivity contribution in [1.29, 1.82) is 0 Å². The number of carbonyl (C=O) groups excluding carboxylic acids is 1. The highest BCUT2D eigenvalue weighted by Gasteiger charge is 2.08. The minimum absolute atomic E-state index is 0.169. The second-order valence-corrected chi connectivity index (χ2v) is 5.26. The van der Waals surface area contributed by atoms with Crippen molar-refractivity contribution in [2.45, 2.75) is 13.8 Å². The predicted octanol–water partition coefficient (Wildman–Crippen LogP) is 2.26. The van der Waals surface area contributed by atoms with Crippen LogP contribution >= 0.6 is 0 Å². The van der Waals surface area contributed by atoms with Crippen LogP contribution in [0.4, 0.5) is 0 Å². The highest BCUT2D eigenvalue weighted by molar-refractivity contribution is 5.74. The molecule has 122 valence electrons. The molecule has 3 aromatic rings. The molecule has 0 fully saturated rings. The van der Waals surface area contributed by atoms with E-state index >= 15 is 0 Å². The fourth-order valence-corrected chi connectivity index (χ4v) is 2.08. The molecule has 0 saturated heterocycles. The van der Waals surface area contributed by atoms with Gasteiger partial charge >= 0.3 is 5.97 Å². The molecule has 7 nitrogen and oxygen atoms in total. The average molecular weight is 324 g/mol. The van der Waals surface area contributed by atoms with Crippen LogP contribution in [0, 0.1) is 13.8 Å². The first kappa shape index (κ1) is 15.7. The van der Waals surface area contributed by atoms with Crippen LogP contribution in [-0.4, -0.2) is 32.8 Å². The number of esters is 1. The molecule has 2 aromatic carbocycles. The van der Waals surface area contributed by atoms with Gasteiger partial charge in [-0.05, 0) is 59.7 Å². The first-order valence-electron chi connectivity index (χ1n) is 7.36. The van der Waals surface area contributed by atoms with Crippen molar-refractivity contribution in [3.63, 3.8) is 0 Å². The Morgan fingerprint density at radius 1 is 1.08 bits per heavy atom. The lowest BCUT2D eigenvalue weighted by molar-refractivity contribution is -0.136. The predicted molar refractivity (Wildman–Crippen MR) is 86.2 cm³/mol. The smallest absolute Gasteiger partial charge is 0.349 e. The SMILES string of the molecule is Cc1ccc(OCC(=O)Oc2cccc(-n3cnnn3)c2)cc1C. The Hall–Kier alpha value is -3.22. The van der Waals surface area contributed by atoms with E-state index < -0.39 is 5.97 Å². The van der Waals surface area contributed by atoms with Crippen LogP contribution in [0.2, 0.25) is 0 Å². The molecule has 0 N–H and O–H groups in total. The average Bonchev–Trinajstić information content (AvgIpc) is 3.11. The first-order valence-corrected chi connectivity index (χ1v) is 7.36. The number of aromatic nitrogens is 4. The van der Waals surface area contributed by atoms with E-state index in [1.54, 1.807) is 24.3 Å². The maximum Gasteiger partial charge on any atom is 0.349 e. The van der Waals surface area contributed by atoms with Crippen LogP contribution in [0.5, 0.6) is 11.5 Å². The Morgan fingerprint density at radius 3 is 2.71 bits per heavy atom. The van der Waals surface area contributed by atoms with Crippen LogP contribution in [0.3, 0.4) is 0 Å². The molecule has 0 amide bonds. The second-order valence-electron chi connectivity index (χ2n) is 5.26. The Bertz CT molecular complexity index is 847. The summed E-state index contributed by atoms with van der Waals surface area (Å²) in [6.07, 6.45) is 1.46. The fraction of sp³-hybridized carbons (Fsp3) is 0.176. The van der Waals surface area contributed by atoms with Gasteiger partial charge in [0.05, 0.1) is 5.69 Å². The Morgan fingerprint density at radius 2 is 1.96 bits per heavy atom. The molecule has 0 aliphatic rings. The van der Waals surface area contributed by atoms with Gasteiger partial charge in [0, 0.05) is 6.07 Å². The normalized spacial score (nSPS) is 10.4. The van der Waals surface area contributed by atoms with Gasteiger partial charge in [0.1, 0.15) is 17.8 Å². The van der Waals surface area contributed by atoms with Gasteiger partial charge in [-0.15, -0.1) is 5.10 Å². The van der Waals surface area contributed by atoms with Crippen LogP contribution < -0.4 is 9.47 Å². The number of aryl methyl sites for hydroxylation is 2. The molecular formula is C17H16N4O3. The topological polar surface area (TPSA) is 79.1 Å². The number of hydrogen-bond donors (Lipinski definition) is 0. The number of tetrazole rings is 1. The summed E-state index contributed by atoms with van der Waals surface area (Å²) in [5, 5.41) is 10.9. The molecule has 0 radical (unpaired) electrons. The van der Waals surface area contributed by atoms with Crippen LogP contribution in [-0.2, 0) is 4.79 Å². The first-order chi connectivity index (χ1) is 11.6. The number of hydrogen-bond acceptors (Lipinski definition) is 6. The van der Waals surface area contributed by atoms with Gasteiger partial charge in [0.2, 0.25) is 0 Å². The third-order valence-electron chi connectivity index (χ3n) is 3.50. The molecule has 24 heavy (non-hydrogen) atoms. The molecule has 0 unspecified atom stereocenters. The van der Waals surface area contributed by atoms with Gasteiger partial charge in [-0.25, -0.2) is 9.48 Å². The van der Waals surface area contributed by atoms with Crippen LogP contribution in [0.15, 0.2) is 48.8 Å². The molecule has 0 saturated carbocycles. The van der Waals surface area contributed by atoms with Gasteiger partial charge in [0.15, 0.2) is 6.61 Å². The zero-order valence-electron chi connectivity index (χ0n) is 13.3. The minimum atomic E-state index is -0.484. The Kier molecular flexibility index (Phi) is 4.51. The van der Waals surface area contributed by atoms with Crippen molar-refractivity contribution in [2.24, 2.45) is 0 Å². The third kappa shape index (κ3) is 3.75. The van der Waals surface area contributed by atoms with Gasteiger partial charge < -0.3 is 9.47 Å². The fourth-order valence-electron chi connectivity index (χ4n) is 2.08. The number of ether oxygens (including phenoxy) is 2. The zero-order valence-corrected chi connectivity index (χ0v) is 13.3. The standard InChI is InChI=1S/C17H16N4O3/c1-12-6-7-15(8-13(12)2)23-10-17(22)24-16-5-3-4-14(9-16)21-11-18-19-20-21/h3-9,11H,10H2,1-2H3. The van der Waals surface area contributed by atoms with Crippen LogP contribution in [0.25, 0.3) is 5.69 Å².